The number of hydrogen-bond donors (Lipinski definition) is 4. The Bertz CT molecular complexity index is 737. The van der Waals surface area contributed by atoms with Crippen molar-refractivity contribution in [2.75, 3.05) is 26.4 Å². The van der Waals surface area contributed by atoms with E-state index in [1.54, 1.807) is 0 Å². The van der Waals surface area contributed by atoms with E-state index >= 15 is 0 Å². The maximum absolute atomic E-state index is 12.7. The highest BCUT2D eigenvalue weighted by molar-refractivity contribution is 5.69. The molecule has 1 rings (SSSR count). The molecule has 0 aromatic heterocycles. The van der Waals surface area contributed by atoms with Crippen LogP contribution in [0.5, 0.6) is 0 Å². The van der Waals surface area contributed by atoms with E-state index in [9.17, 15) is 25.2 Å². The minimum atomic E-state index is -1.53. The SMILES string of the molecule is CCCCCCCCCCCCCCCCOC[C@H](CO[C@@H]1O[C@H](CO)[C@H](O)[C@H](O)[C@H]1O)OC(=O)CCCCCCCCCCCCCCC. The lowest BCUT2D eigenvalue weighted by Crippen LogP contribution is -2.59. The molecule has 0 radical (unpaired) electrons. The van der Waals surface area contributed by atoms with Crippen molar-refractivity contribution >= 4 is 5.97 Å². The van der Waals surface area contributed by atoms with Crippen LogP contribution in [0.15, 0.2) is 0 Å². The van der Waals surface area contributed by atoms with Gasteiger partial charge in [-0.05, 0) is 12.8 Å². The highest BCUT2D eigenvalue weighted by Crippen LogP contribution is 2.22. The van der Waals surface area contributed by atoms with Crippen LogP contribution in [0.1, 0.15) is 194 Å². The van der Waals surface area contributed by atoms with E-state index in [2.05, 4.69) is 13.8 Å². The third kappa shape index (κ3) is 25.2. The van der Waals surface area contributed by atoms with E-state index in [1.807, 2.05) is 0 Å². The number of ether oxygens (including phenoxy) is 4. The fourth-order valence-corrected chi connectivity index (χ4v) is 6.67. The Morgan fingerprint density at radius 3 is 1.42 bits per heavy atom. The molecule has 1 aliphatic rings. The first-order valence-electron chi connectivity index (χ1n) is 21.1. The Morgan fingerprint density at radius 1 is 0.560 bits per heavy atom. The molecule has 0 unspecified atom stereocenters. The van der Waals surface area contributed by atoms with Crippen molar-refractivity contribution in [2.24, 2.45) is 0 Å². The van der Waals surface area contributed by atoms with Gasteiger partial charge < -0.3 is 39.4 Å². The zero-order valence-electron chi connectivity index (χ0n) is 32.4. The number of unbranched alkanes of at least 4 members (excludes halogenated alkanes) is 25. The average molecular weight is 717 g/mol. The molecule has 1 heterocycles. The molecule has 298 valence electrons. The van der Waals surface area contributed by atoms with Gasteiger partial charge in [-0.1, -0.05) is 174 Å². The smallest absolute Gasteiger partial charge is 0.306 e. The number of hydrogen-bond acceptors (Lipinski definition) is 9. The summed E-state index contributed by atoms with van der Waals surface area (Å²) in [7, 11) is 0. The minimum Gasteiger partial charge on any atom is -0.457 e. The van der Waals surface area contributed by atoms with Crippen molar-refractivity contribution in [2.45, 2.75) is 230 Å². The van der Waals surface area contributed by atoms with Crippen molar-refractivity contribution in [3.8, 4) is 0 Å². The summed E-state index contributed by atoms with van der Waals surface area (Å²) in [5.41, 5.74) is 0. The average Bonchev–Trinajstić information content (AvgIpc) is 3.11. The van der Waals surface area contributed by atoms with Crippen LogP contribution in [0.4, 0.5) is 0 Å². The number of rotatable bonds is 36. The zero-order valence-corrected chi connectivity index (χ0v) is 32.4. The maximum Gasteiger partial charge on any atom is 0.306 e. The molecule has 1 aliphatic heterocycles. The molecule has 0 aromatic rings. The van der Waals surface area contributed by atoms with Crippen molar-refractivity contribution in [3.05, 3.63) is 0 Å². The van der Waals surface area contributed by atoms with Gasteiger partial charge in [0.1, 0.15) is 30.5 Å². The Kier molecular flexibility index (Phi) is 32.1. The zero-order chi connectivity index (χ0) is 36.5. The quantitative estimate of drug-likeness (QED) is 0.0371. The molecule has 1 fully saturated rings. The first kappa shape index (κ1) is 47.2. The molecule has 4 N–H and O–H groups in total. The van der Waals surface area contributed by atoms with E-state index in [-0.39, 0.29) is 19.2 Å². The predicted molar refractivity (Wildman–Crippen MR) is 201 cm³/mol. The number of aliphatic hydroxyl groups excluding tert-OH is 4. The summed E-state index contributed by atoms with van der Waals surface area (Å²) in [6.45, 7) is 4.59. The topological polar surface area (TPSA) is 135 Å². The monoisotopic (exact) mass is 717 g/mol. The van der Waals surface area contributed by atoms with Gasteiger partial charge in [-0.15, -0.1) is 0 Å². The van der Waals surface area contributed by atoms with Gasteiger partial charge in [-0.25, -0.2) is 0 Å². The van der Waals surface area contributed by atoms with Gasteiger partial charge in [0.2, 0.25) is 0 Å². The summed E-state index contributed by atoms with van der Waals surface area (Å²) < 4.78 is 22.8. The van der Waals surface area contributed by atoms with Crippen molar-refractivity contribution < 1.29 is 44.2 Å². The molecule has 1 saturated heterocycles. The van der Waals surface area contributed by atoms with Crippen LogP contribution in [0.3, 0.4) is 0 Å². The summed E-state index contributed by atoms with van der Waals surface area (Å²) in [5, 5.41) is 40.0. The molecule has 50 heavy (non-hydrogen) atoms. The van der Waals surface area contributed by atoms with Crippen LogP contribution in [-0.4, -0.2) is 89.6 Å². The minimum absolute atomic E-state index is 0.105. The molecule has 0 spiro atoms. The van der Waals surface area contributed by atoms with E-state index in [1.165, 1.54) is 141 Å². The van der Waals surface area contributed by atoms with Crippen LogP contribution in [0, 0.1) is 0 Å². The highest BCUT2D eigenvalue weighted by atomic mass is 16.7. The fourth-order valence-electron chi connectivity index (χ4n) is 6.67. The van der Waals surface area contributed by atoms with Gasteiger partial charge in [0.25, 0.3) is 0 Å². The summed E-state index contributed by atoms with van der Waals surface area (Å²) in [5.74, 6) is -0.310. The van der Waals surface area contributed by atoms with Gasteiger partial charge in [0.15, 0.2) is 6.29 Å². The number of carbonyl (C=O) groups is 1. The summed E-state index contributed by atoms with van der Waals surface area (Å²) in [6.07, 6.45) is 26.9. The largest absolute Gasteiger partial charge is 0.457 e. The van der Waals surface area contributed by atoms with Crippen molar-refractivity contribution in [3.63, 3.8) is 0 Å². The highest BCUT2D eigenvalue weighted by Gasteiger charge is 2.44. The van der Waals surface area contributed by atoms with Gasteiger partial charge >= 0.3 is 5.97 Å². The van der Waals surface area contributed by atoms with Gasteiger partial charge in [-0.2, -0.15) is 0 Å². The number of carbonyl (C=O) groups excluding carboxylic acids is 1. The lowest BCUT2D eigenvalue weighted by molar-refractivity contribution is -0.305. The van der Waals surface area contributed by atoms with Crippen LogP contribution in [-0.2, 0) is 23.7 Å². The molecule has 6 atom stereocenters. The first-order chi connectivity index (χ1) is 24.4. The van der Waals surface area contributed by atoms with E-state index in [0.717, 1.165) is 32.1 Å². The lowest BCUT2D eigenvalue weighted by Gasteiger charge is -2.39. The fraction of sp³-hybridized carbons (Fsp3) is 0.976. The van der Waals surface area contributed by atoms with E-state index in [0.29, 0.717) is 13.0 Å². The third-order valence-corrected chi connectivity index (χ3v) is 10.0. The standard InChI is InChI=1S/C41H80O9/c1-3-5-7-9-11-13-15-17-19-21-23-25-27-29-31-47-33-35(34-48-41-40(46)39(45)38(44)36(32-42)50-41)49-37(43)30-28-26-24-22-20-18-16-14-12-10-8-6-4-2/h35-36,38-42,44-46H,3-34H2,1-2H3/t35-,36-,38+,39+,40-,41-/m1/s1. The normalized spacial score (nSPS) is 21.4. The summed E-state index contributed by atoms with van der Waals surface area (Å²) >= 11 is 0. The Hall–Kier alpha value is -0.810. The van der Waals surface area contributed by atoms with E-state index < -0.39 is 43.4 Å². The number of aliphatic hydroxyl groups is 4. The van der Waals surface area contributed by atoms with Gasteiger partial charge in [0, 0.05) is 13.0 Å². The molecule has 9 heteroatoms. The Labute approximate surface area is 306 Å². The van der Waals surface area contributed by atoms with Crippen molar-refractivity contribution in [1.29, 1.82) is 0 Å². The second-order valence-electron chi connectivity index (χ2n) is 14.8. The molecule has 0 aromatic carbocycles. The van der Waals surface area contributed by atoms with Crippen LogP contribution in [0.2, 0.25) is 0 Å². The maximum atomic E-state index is 12.7. The van der Waals surface area contributed by atoms with Gasteiger partial charge in [0.05, 0.1) is 19.8 Å². The van der Waals surface area contributed by atoms with Gasteiger partial charge in [-0.3, -0.25) is 4.79 Å². The number of esters is 1. The Morgan fingerprint density at radius 2 is 0.980 bits per heavy atom. The van der Waals surface area contributed by atoms with Crippen LogP contribution < -0.4 is 0 Å². The summed E-state index contributed by atoms with van der Waals surface area (Å²) in [6, 6.07) is 0. The summed E-state index contributed by atoms with van der Waals surface area (Å²) in [4.78, 5) is 12.7. The third-order valence-electron chi connectivity index (χ3n) is 10.0. The molecular weight excluding hydrogens is 636 g/mol. The molecule has 0 aliphatic carbocycles. The lowest BCUT2D eigenvalue weighted by atomic mass is 9.99. The second kappa shape index (κ2) is 34.0. The molecule has 0 saturated carbocycles. The second-order valence-corrected chi connectivity index (χ2v) is 14.8. The predicted octanol–water partition coefficient (Wildman–Crippen LogP) is 8.69. The van der Waals surface area contributed by atoms with Crippen LogP contribution in [0.25, 0.3) is 0 Å². The Balaban J connectivity index is 2.28. The first-order valence-corrected chi connectivity index (χ1v) is 21.1. The molecule has 0 bridgehead atoms. The molecule has 9 nitrogen and oxygen atoms in total. The molecule has 0 amide bonds. The van der Waals surface area contributed by atoms with Crippen LogP contribution >= 0.6 is 0 Å². The van der Waals surface area contributed by atoms with Crippen molar-refractivity contribution in [1.82, 2.24) is 0 Å². The molecular formula is C41H80O9. The van der Waals surface area contributed by atoms with E-state index in [4.69, 9.17) is 18.9 Å².